The first-order chi connectivity index (χ1) is 14.2. The highest BCUT2D eigenvalue weighted by atomic mass is 16.2. The molecule has 7 heteroatoms. The Morgan fingerprint density at radius 3 is 2.76 bits per heavy atom. The van der Waals surface area contributed by atoms with E-state index in [1.807, 2.05) is 66.1 Å². The van der Waals surface area contributed by atoms with E-state index < -0.39 is 0 Å². The standard InChI is InChI=1S/C22H22N6O/c1-15-25-26-22-18(11-7-13-27(15)22)23-20(29)14-28-19-12-6-5-10-17(19)24-21(28)16-8-3-2-4-9-16/h2-6,8-10,12,18H,7,11,13-14H2,1H3,(H,23,29). The van der Waals surface area contributed by atoms with Gasteiger partial charge >= 0.3 is 0 Å². The molecule has 0 saturated heterocycles. The van der Waals surface area contributed by atoms with E-state index in [-0.39, 0.29) is 18.5 Å². The van der Waals surface area contributed by atoms with Gasteiger partial charge in [0.2, 0.25) is 5.91 Å². The summed E-state index contributed by atoms with van der Waals surface area (Å²) in [6, 6.07) is 17.8. The molecule has 0 spiro atoms. The Morgan fingerprint density at radius 2 is 1.90 bits per heavy atom. The van der Waals surface area contributed by atoms with Gasteiger partial charge in [0.05, 0.1) is 17.1 Å². The fourth-order valence-electron chi connectivity index (χ4n) is 4.08. The SMILES string of the molecule is Cc1nnc2n1CCCC2NC(=O)Cn1c(-c2ccccc2)nc2ccccc21. The smallest absolute Gasteiger partial charge is 0.240 e. The van der Waals surface area contributed by atoms with E-state index in [2.05, 4.69) is 20.1 Å². The van der Waals surface area contributed by atoms with Gasteiger partial charge in [0.1, 0.15) is 18.2 Å². The Labute approximate surface area is 168 Å². The normalized spacial score (nSPS) is 16.0. The highest BCUT2D eigenvalue weighted by molar-refractivity contribution is 5.84. The fraction of sp³-hybridized carbons (Fsp3) is 0.273. The summed E-state index contributed by atoms with van der Waals surface area (Å²) in [6.07, 6.45) is 1.88. The van der Waals surface area contributed by atoms with Gasteiger partial charge in [0.15, 0.2) is 5.82 Å². The third kappa shape index (κ3) is 3.18. The van der Waals surface area contributed by atoms with E-state index in [1.54, 1.807) is 0 Å². The van der Waals surface area contributed by atoms with Crippen LogP contribution in [0.3, 0.4) is 0 Å². The number of amides is 1. The quantitative estimate of drug-likeness (QED) is 0.584. The molecule has 2 aromatic carbocycles. The summed E-state index contributed by atoms with van der Waals surface area (Å²) in [4.78, 5) is 17.8. The Balaban J connectivity index is 1.45. The van der Waals surface area contributed by atoms with Crippen molar-refractivity contribution in [3.63, 3.8) is 0 Å². The molecule has 1 N–H and O–H groups in total. The second kappa shape index (κ2) is 7.16. The second-order valence-electron chi connectivity index (χ2n) is 7.40. The molecule has 5 rings (SSSR count). The van der Waals surface area contributed by atoms with Crippen LogP contribution in [-0.4, -0.2) is 30.2 Å². The monoisotopic (exact) mass is 386 g/mol. The molecule has 0 radical (unpaired) electrons. The van der Waals surface area contributed by atoms with Crippen LogP contribution in [0.2, 0.25) is 0 Å². The van der Waals surface area contributed by atoms with Gasteiger partial charge in [-0.1, -0.05) is 42.5 Å². The van der Waals surface area contributed by atoms with Crippen molar-refractivity contribution in [3.8, 4) is 11.4 Å². The third-order valence-corrected chi connectivity index (χ3v) is 5.47. The van der Waals surface area contributed by atoms with Gasteiger partial charge in [-0.3, -0.25) is 4.79 Å². The van der Waals surface area contributed by atoms with Gasteiger partial charge in [-0.25, -0.2) is 4.98 Å². The molecule has 2 aromatic heterocycles. The van der Waals surface area contributed by atoms with Crippen LogP contribution in [0.25, 0.3) is 22.4 Å². The first-order valence-corrected chi connectivity index (χ1v) is 9.90. The number of hydrogen-bond acceptors (Lipinski definition) is 4. The van der Waals surface area contributed by atoms with Crippen LogP contribution in [-0.2, 0) is 17.9 Å². The maximum absolute atomic E-state index is 13.0. The molecule has 1 unspecified atom stereocenters. The van der Waals surface area contributed by atoms with Crippen LogP contribution in [0, 0.1) is 6.92 Å². The van der Waals surface area contributed by atoms with E-state index >= 15 is 0 Å². The van der Waals surface area contributed by atoms with E-state index in [0.717, 1.165) is 53.5 Å². The van der Waals surface area contributed by atoms with E-state index in [4.69, 9.17) is 4.98 Å². The largest absolute Gasteiger partial charge is 0.345 e. The highest BCUT2D eigenvalue weighted by Gasteiger charge is 2.26. The Hall–Kier alpha value is -3.48. The van der Waals surface area contributed by atoms with Gasteiger partial charge in [0, 0.05) is 12.1 Å². The number of carbonyl (C=O) groups excluding carboxylic acids is 1. The van der Waals surface area contributed by atoms with Gasteiger partial charge in [0.25, 0.3) is 0 Å². The van der Waals surface area contributed by atoms with Crippen LogP contribution >= 0.6 is 0 Å². The van der Waals surface area contributed by atoms with Gasteiger partial charge in [-0.2, -0.15) is 0 Å². The van der Waals surface area contributed by atoms with Crippen LogP contribution < -0.4 is 5.32 Å². The Kier molecular flexibility index (Phi) is 4.35. The number of rotatable bonds is 4. The number of aromatic nitrogens is 5. The molecule has 29 heavy (non-hydrogen) atoms. The summed E-state index contributed by atoms with van der Waals surface area (Å²) in [5.74, 6) is 2.49. The topological polar surface area (TPSA) is 77.6 Å². The molecule has 1 aliphatic rings. The van der Waals surface area contributed by atoms with Crippen LogP contribution in [0.5, 0.6) is 0 Å². The minimum absolute atomic E-state index is 0.0514. The van der Waals surface area contributed by atoms with Crippen molar-refractivity contribution < 1.29 is 4.79 Å². The Morgan fingerprint density at radius 1 is 1.10 bits per heavy atom. The van der Waals surface area contributed by atoms with Gasteiger partial charge < -0.3 is 14.5 Å². The van der Waals surface area contributed by atoms with E-state index in [0.29, 0.717) is 0 Å². The minimum Gasteiger partial charge on any atom is -0.345 e. The number of benzene rings is 2. The second-order valence-corrected chi connectivity index (χ2v) is 7.40. The van der Waals surface area contributed by atoms with Gasteiger partial charge in [-0.15, -0.1) is 10.2 Å². The van der Waals surface area contributed by atoms with Crippen LogP contribution in [0.4, 0.5) is 0 Å². The predicted octanol–water partition coefficient (Wildman–Crippen LogP) is 3.25. The molecule has 0 saturated carbocycles. The fourth-order valence-corrected chi connectivity index (χ4v) is 4.08. The molecule has 0 fully saturated rings. The van der Waals surface area contributed by atoms with Crippen molar-refractivity contribution in [1.82, 2.24) is 29.6 Å². The zero-order chi connectivity index (χ0) is 19.8. The lowest BCUT2D eigenvalue weighted by molar-refractivity contribution is -0.122. The molecule has 1 aliphatic heterocycles. The number of nitrogens with zero attached hydrogens (tertiary/aromatic N) is 5. The summed E-state index contributed by atoms with van der Waals surface area (Å²) in [5, 5.41) is 11.6. The molecule has 1 atom stereocenters. The molecule has 1 amide bonds. The van der Waals surface area contributed by atoms with Crippen molar-refractivity contribution in [2.75, 3.05) is 0 Å². The number of carbonyl (C=O) groups is 1. The van der Waals surface area contributed by atoms with Crippen LogP contribution in [0.1, 0.15) is 30.5 Å². The molecule has 4 aromatic rings. The minimum atomic E-state index is -0.104. The summed E-state index contributed by atoms with van der Waals surface area (Å²) < 4.78 is 4.08. The first kappa shape index (κ1) is 17.6. The predicted molar refractivity (Wildman–Crippen MR) is 110 cm³/mol. The molecule has 0 bridgehead atoms. The molecular weight excluding hydrogens is 364 g/mol. The van der Waals surface area contributed by atoms with Gasteiger partial charge in [-0.05, 0) is 31.9 Å². The van der Waals surface area contributed by atoms with E-state index in [9.17, 15) is 4.79 Å². The summed E-state index contributed by atoms with van der Waals surface area (Å²) in [6.45, 7) is 3.06. The summed E-state index contributed by atoms with van der Waals surface area (Å²) in [5.41, 5.74) is 2.82. The zero-order valence-corrected chi connectivity index (χ0v) is 16.2. The third-order valence-electron chi connectivity index (χ3n) is 5.47. The number of hydrogen-bond donors (Lipinski definition) is 1. The lowest BCUT2D eigenvalue weighted by atomic mass is 10.1. The zero-order valence-electron chi connectivity index (χ0n) is 16.2. The van der Waals surface area contributed by atoms with Crippen molar-refractivity contribution in [2.45, 2.75) is 38.9 Å². The number of nitrogens with one attached hydrogen (secondary N) is 1. The van der Waals surface area contributed by atoms with Crippen molar-refractivity contribution in [1.29, 1.82) is 0 Å². The average molecular weight is 386 g/mol. The maximum atomic E-state index is 13.0. The molecule has 7 nitrogen and oxygen atoms in total. The lowest BCUT2D eigenvalue weighted by Gasteiger charge is -2.24. The molecular formula is C22H22N6O. The van der Waals surface area contributed by atoms with Crippen molar-refractivity contribution in [2.24, 2.45) is 0 Å². The summed E-state index contributed by atoms with van der Waals surface area (Å²) >= 11 is 0. The molecule has 3 heterocycles. The molecule has 0 aliphatic carbocycles. The summed E-state index contributed by atoms with van der Waals surface area (Å²) in [7, 11) is 0. The first-order valence-electron chi connectivity index (χ1n) is 9.90. The molecule has 146 valence electrons. The average Bonchev–Trinajstić information content (AvgIpc) is 3.31. The lowest BCUT2D eigenvalue weighted by Crippen LogP contribution is -2.35. The number of aryl methyl sites for hydroxylation is 1. The number of para-hydroxylation sites is 2. The van der Waals surface area contributed by atoms with Crippen molar-refractivity contribution in [3.05, 3.63) is 66.2 Å². The van der Waals surface area contributed by atoms with E-state index in [1.165, 1.54) is 0 Å². The number of fused-ring (bicyclic) bond motifs is 2. The number of imidazole rings is 1. The van der Waals surface area contributed by atoms with Crippen LogP contribution in [0.15, 0.2) is 54.6 Å². The highest BCUT2D eigenvalue weighted by Crippen LogP contribution is 2.26. The Bertz CT molecular complexity index is 1180. The maximum Gasteiger partial charge on any atom is 0.240 e. The van der Waals surface area contributed by atoms with Crippen molar-refractivity contribution >= 4 is 16.9 Å².